The highest BCUT2D eigenvalue weighted by atomic mass is 32.2. The number of rotatable bonds is 4. The Bertz CT molecular complexity index is 568. The zero-order valence-electron chi connectivity index (χ0n) is 13.7. The minimum absolute atomic E-state index is 0.0998. The summed E-state index contributed by atoms with van der Waals surface area (Å²) in [5, 5.41) is 6.78. The largest absolute Gasteiger partial charge is 0.359 e. The molecular formula is C15H23N3O3S. The van der Waals surface area contributed by atoms with Crippen LogP contribution in [0.15, 0.2) is 10.6 Å². The van der Waals surface area contributed by atoms with Crippen molar-refractivity contribution in [2.75, 3.05) is 12.8 Å². The molecule has 1 aromatic rings. The predicted molar refractivity (Wildman–Crippen MR) is 85.5 cm³/mol. The number of aromatic nitrogens is 1. The molecule has 22 heavy (non-hydrogen) atoms. The van der Waals surface area contributed by atoms with E-state index in [-0.39, 0.29) is 17.7 Å². The molecule has 2 heterocycles. The summed E-state index contributed by atoms with van der Waals surface area (Å²) in [7, 11) is 1.70. The summed E-state index contributed by atoms with van der Waals surface area (Å²) in [5.74, 6) is 1.30. The fourth-order valence-electron chi connectivity index (χ4n) is 2.12. The lowest BCUT2D eigenvalue weighted by Crippen LogP contribution is -2.57. The summed E-state index contributed by atoms with van der Waals surface area (Å²) in [6, 6.07) is 1.38. The van der Waals surface area contributed by atoms with Crippen molar-refractivity contribution in [2.24, 2.45) is 0 Å². The lowest BCUT2D eigenvalue weighted by molar-refractivity contribution is -0.136. The Morgan fingerprint density at radius 2 is 2.27 bits per heavy atom. The van der Waals surface area contributed by atoms with Gasteiger partial charge in [0.15, 0.2) is 5.76 Å². The van der Waals surface area contributed by atoms with E-state index in [0.29, 0.717) is 18.1 Å². The van der Waals surface area contributed by atoms with Crippen LogP contribution in [0, 0.1) is 0 Å². The number of hydrogen-bond acceptors (Lipinski definition) is 5. The molecule has 1 aromatic heterocycles. The van der Waals surface area contributed by atoms with Gasteiger partial charge in [-0.1, -0.05) is 19.0 Å². The van der Waals surface area contributed by atoms with E-state index < -0.39 is 10.8 Å². The smallest absolute Gasteiger partial charge is 0.246 e. The SMILES string of the molecule is CC(C)c1cc(CN(C)C(=O)C2CSC(C)(C)C(=O)N2)on1. The van der Waals surface area contributed by atoms with Crippen LogP contribution in [-0.2, 0) is 16.1 Å². The maximum absolute atomic E-state index is 12.4. The van der Waals surface area contributed by atoms with Gasteiger partial charge in [-0.2, -0.15) is 0 Å². The van der Waals surface area contributed by atoms with Gasteiger partial charge in [0.2, 0.25) is 11.8 Å². The van der Waals surface area contributed by atoms with Crippen LogP contribution in [0.3, 0.4) is 0 Å². The molecule has 0 bridgehead atoms. The molecule has 0 spiro atoms. The first-order chi connectivity index (χ1) is 10.2. The predicted octanol–water partition coefficient (Wildman–Crippen LogP) is 1.77. The Morgan fingerprint density at radius 1 is 1.59 bits per heavy atom. The highest BCUT2D eigenvalue weighted by Gasteiger charge is 2.38. The molecule has 0 aliphatic carbocycles. The Kier molecular flexibility index (Phi) is 4.84. The van der Waals surface area contributed by atoms with Gasteiger partial charge in [0.25, 0.3) is 0 Å². The van der Waals surface area contributed by atoms with Gasteiger partial charge in [0, 0.05) is 18.9 Å². The van der Waals surface area contributed by atoms with Crippen molar-refractivity contribution in [1.82, 2.24) is 15.4 Å². The van der Waals surface area contributed by atoms with Gasteiger partial charge < -0.3 is 14.7 Å². The number of amides is 2. The number of likely N-dealkylation sites (N-methyl/N-ethyl adjacent to an activating group) is 1. The summed E-state index contributed by atoms with van der Waals surface area (Å²) in [6.45, 7) is 8.14. The molecule has 1 atom stereocenters. The molecule has 2 amide bonds. The molecule has 0 aromatic carbocycles. The van der Waals surface area contributed by atoms with Crippen molar-refractivity contribution < 1.29 is 14.1 Å². The number of carbonyl (C=O) groups is 2. The minimum Gasteiger partial charge on any atom is -0.359 e. The van der Waals surface area contributed by atoms with E-state index in [0.717, 1.165) is 5.69 Å². The van der Waals surface area contributed by atoms with Crippen LogP contribution in [0.1, 0.15) is 45.1 Å². The fourth-order valence-corrected chi connectivity index (χ4v) is 3.12. The van der Waals surface area contributed by atoms with Gasteiger partial charge >= 0.3 is 0 Å². The molecule has 1 unspecified atom stereocenters. The second kappa shape index (κ2) is 6.32. The van der Waals surface area contributed by atoms with E-state index in [1.165, 1.54) is 11.8 Å². The molecule has 2 rings (SSSR count). The molecule has 1 aliphatic rings. The number of nitrogens with one attached hydrogen (secondary N) is 1. The normalized spacial score (nSPS) is 20.8. The van der Waals surface area contributed by atoms with Crippen LogP contribution < -0.4 is 5.32 Å². The topological polar surface area (TPSA) is 75.4 Å². The van der Waals surface area contributed by atoms with Crippen LogP contribution >= 0.6 is 11.8 Å². The van der Waals surface area contributed by atoms with Crippen LogP contribution in [0.4, 0.5) is 0 Å². The third-order valence-corrected chi connectivity index (χ3v) is 5.11. The summed E-state index contributed by atoms with van der Waals surface area (Å²) >= 11 is 1.50. The van der Waals surface area contributed by atoms with Crippen molar-refractivity contribution >= 4 is 23.6 Å². The average Bonchev–Trinajstić information content (AvgIpc) is 2.89. The number of thioether (sulfide) groups is 1. The molecule has 6 nitrogen and oxygen atoms in total. The molecule has 7 heteroatoms. The van der Waals surface area contributed by atoms with Crippen LogP contribution in [0.25, 0.3) is 0 Å². The summed E-state index contributed by atoms with van der Waals surface area (Å²) in [5.41, 5.74) is 0.874. The maximum Gasteiger partial charge on any atom is 0.246 e. The zero-order valence-corrected chi connectivity index (χ0v) is 14.5. The molecule has 1 fully saturated rings. The second-order valence-electron chi connectivity index (χ2n) is 6.41. The van der Waals surface area contributed by atoms with E-state index in [2.05, 4.69) is 10.5 Å². The number of hydrogen-bond donors (Lipinski definition) is 1. The molecular weight excluding hydrogens is 302 g/mol. The van der Waals surface area contributed by atoms with Crippen LogP contribution in [0.2, 0.25) is 0 Å². The van der Waals surface area contributed by atoms with E-state index in [1.54, 1.807) is 11.9 Å². The number of carbonyl (C=O) groups excluding carboxylic acids is 2. The molecule has 0 radical (unpaired) electrons. The van der Waals surface area contributed by atoms with E-state index >= 15 is 0 Å². The highest BCUT2D eigenvalue weighted by Crippen LogP contribution is 2.29. The highest BCUT2D eigenvalue weighted by molar-refractivity contribution is 8.01. The first-order valence-corrected chi connectivity index (χ1v) is 8.34. The molecule has 1 N–H and O–H groups in total. The van der Waals surface area contributed by atoms with Crippen molar-refractivity contribution in [3.63, 3.8) is 0 Å². The van der Waals surface area contributed by atoms with Crippen molar-refractivity contribution in [1.29, 1.82) is 0 Å². The lowest BCUT2D eigenvalue weighted by Gasteiger charge is -2.34. The summed E-state index contributed by atoms with van der Waals surface area (Å²) < 4.78 is 4.77. The Balaban J connectivity index is 1.96. The molecule has 0 saturated carbocycles. The number of nitrogens with zero attached hydrogens (tertiary/aromatic N) is 2. The Morgan fingerprint density at radius 3 is 2.82 bits per heavy atom. The van der Waals surface area contributed by atoms with Gasteiger partial charge in [-0.3, -0.25) is 9.59 Å². The third-order valence-electron chi connectivity index (χ3n) is 3.70. The van der Waals surface area contributed by atoms with E-state index in [9.17, 15) is 9.59 Å². The standard InChI is InChI=1S/C15H23N3O3S/c1-9(2)11-6-10(21-17-11)7-18(5)13(19)12-8-22-15(3,4)14(20)16-12/h6,9,12H,7-8H2,1-5H3,(H,16,20). The van der Waals surface area contributed by atoms with Gasteiger partial charge in [-0.25, -0.2) is 0 Å². The van der Waals surface area contributed by atoms with Crippen molar-refractivity contribution in [3.05, 3.63) is 17.5 Å². The van der Waals surface area contributed by atoms with E-state index in [1.807, 2.05) is 33.8 Å². The average molecular weight is 325 g/mol. The monoisotopic (exact) mass is 325 g/mol. The second-order valence-corrected chi connectivity index (χ2v) is 8.06. The minimum atomic E-state index is -0.483. The van der Waals surface area contributed by atoms with Gasteiger partial charge in [-0.15, -0.1) is 11.8 Å². The van der Waals surface area contributed by atoms with Crippen molar-refractivity contribution in [3.8, 4) is 0 Å². The summed E-state index contributed by atoms with van der Waals surface area (Å²) in [6.07, 6.45) is 0. The van der Waals surface area contributed by atoms with Crippen LogP contribution in [-0.4, -0.2) is 45.5 Å². The Hall–Kier alpha value is -1.50. The zero-order chi connectivity index (χ0) is 16.5. The fraction of sp³-hybridized carbons (Fsp3) is 0.667. The van der Waals surface area contributed by atoms with Gasteiger partial charge in [0.1, 0.15) is 6.04 Å². The summed E-state index contributed by atoms with van der Waals surface area (Å²) in [4.78, 5) is 26.0. The van der Waals surface area contributed by atoms with Crippen molar-refractivity contribution in [2.45, 2.75) is 50.9 Å². The lowest BCUT2D eigenvalue weighted by atomic mass is 10.1. The first kappa shape index (κ1) is 16.9. The maximum atomic E-state index is 12.4. The first-order valence-electron chi connectivity index (χ1n) is 7.36. The molecule has 1 saturated heterocycles. The Labute approximate surface area is 135 Å². The van der Waals surface area contributed by atoms with Crippen LogP contribution in [0.5, 0.6) is 0 Å². The molecule has 1 aliphatic heterocycles. The molecule has 122 valence electrons. The third kappa shape index (κ3) is 3.63. The quantitative estimate of drug-likeness (QED) is 0.913. The van der Waals surface area contributed by atoms with Gasteiger partial charge in [0.05, 0.1) is 17.0 Å². The van der Waals surface area contributed by atoms with Gasteiger partial charge in [-0.05, 0) is 19.8 Å². The van der Waals surface area contributed by atoms with E-state index in [4.69, 9.17) is 4.52 Å².